The Bertz CT molecular complexity index is 1190. The second-order valence-electron chi connectivity index (χ2n) is 9.16. The van der Waals surface area contributed by atoms with Crippen molar-refractivity contribution in [2.45, 2.75) is 19.0 Å². The van der Waals surface area contributed by atoms with Crippen LogP contribution < -0.4 is 10.2 Å². The molecule has 9 heteroatoms. The molecule has 2 aliphatic heterocycles. The minimum Gasteiger partial charge on any atom is -0.395 e. The van der Waals surface area contributed by atoms with E-state index in [0.29, 0.717) is 24.5 Å². The number of benzene rings is 2. The van der Waals surface area contributed by atoms with Crippen LogP contribution in [0, 0.1) is 0 Å². The first-order valence-corrected chi connectivity index (χ1v) is 11.9. The fourth-order valence-electron chi connectivity index (χ4n) is 4.70. The van der Waals surface area contributed by atoms with Crippen molar-refractivity contribution in [3.63, 3.8) is 0 Å². The number of likely N-dealkylation sites (N-methyl/N-ethyl adjacent to an activating group) is 1. The van der Waals surface area contributed by atoms with E-state index < -0.39 is 5.92 Å². The van der Waals surface area contributed by atoms with Gasteiger partial charge in [-0.05, 0) is 36.9 Å². The number of aliphatic hydroxyl groups excluding tert-OH is 1. The molecule has 3 heterocycles. The summed E-state index contributed by atoms with van der Waals surface area (Å²) in [4.78, 5) is 32.3. The molecule has 0 unspecified atom stereocenters. The second-order valence-corrected chi connectivity index (χ2v) is 9.16. The molecular weight excluding hydrogens is 444 g/mol. The van der Waals surface area contributed by atoms with Gasteiger partial charge < -0.3 is 25.1 Å². The van der Waals surface area contributed by atoms with Crippen LogP contribution >= 0.6 is 0 Å². The summed E-state index contributed by atoms with van der Waals surface area (Å²) < 4.78 is 0. The molecule has 0 spiro atoms. The molecule has 2 aliphatic rings. The van der Waals surface area contributed by atoms with Gasteiger partial charge in [0.2, 0.25) is 5.91 Å². The first kappa shape index (κ1) is 23.1. The van der Waals surface area contributed by atoms with Gasteiger partial charge in [-0.25, -0.2) is 0 Å². The Hall–Kier alpha value is -3.69. The first-order chi connectivity index (χ1) is 17.0. The van der Waals surface area contributed by atoms with Crippen LogP contribution in [0.15, 0.2) is 54.6 Å². The van der Waals surface area contributed by atoms with Crippen molar-refractivity contribution in [1.82, 2.24) is 20.0 Å². The van der Waals surface area contributed by atoms with Crippen LogP contribution in [0.3, 0.4) is 0 Å². The summed E-state index contributed by atoms with van der Waals surface area (Å²) in [6.07, 6.45) is 0. The lowest BCUT2D eigenvalue weighted by molar-refractivity contribution is -0.134. The van der Waals surface area contributed by atoms with Crippen molar-refractivity contribution in [2.24, 2.45) is 0 Å². The minimum absolute atomic E-state index is 0.153. The highest BCUT2D eigenvalue weighted by molar-refractivity contribution is 6.04. The standard InChI is InChI=1S/C26H30N6O3/c1-30-11-13-31(14-12-30)20-9-7-19(8-10-20)25(34)27-24-21-15-32(16-23(21)28-29-24)26(35)22(17-33)18-5-3-2-4-6-18/h2-10,22,33H,11-17H2,1H3,(H2,27,28,29,34)/t22-/m1/s1. The van der Waals surface area contributed by atoms with Crippen LogP contribution in [0.1, 0.15) is 33.1 Å². The number of aromatic amines is 1. The SMILES string of the molecule is CN1CCN(c2ccc(C(=O)Nc3n[nH]c4c3CN(C(=O)[C@H](CO)c3ccccc3)C4)cc2)CC1. The summed E-state index contributed by atoms with van der Waals surface area (Å²) in [7, 11) is 2.12. The van der Waals surface area contributed by atoms with Gasteiger partial charge in [-0.2, -0.15) is 5.10 Å². The maximum Gasteiger partial charge on any atom is 0.256 e. The molecule has 0 aliphatic carbocycles. The van der Waals surface area contributed by atoms with Gasteiger partial charge in [0.1, 0.15) is 0 Å². The molecule has 1 fully saturated rings. The highest BCUT2D eigenvalue weighted by Gasteiger charge is 2.33. The van der Waals surface area contributed by atoms with Crippen molar-refractivity contribution in [2.75, 3.05) is 50.1 Å². The lowest BCUT2D eigenvalue weighted by Gasteiger charge is -2.34. The molecule has 0 bridgehead atoms. The van der Waals surface area contributed by atoms with Gasteiger partial charge in [0.15, 0.2) is 5.82 Å². The highest BCUT2D eigenvalue weighted by atomic mass is 16.3. The number of nitrogens with zero attached hydrogens (tertiary/aromatic N) is 4. The molecule has 5 rings (SSSR count). The van der Waals surface area contributed by atoms with E-state index in [0.717, 1.165) is 48.7 Å². The summed E-state index contributed by atoms with van der Waals surface area (Å²) in [5, 5.41) is 20.0. The topological polar surface area (TPSA) is 105 Å². The van der Waals surface area contributed by atoms with Crippen molar-refractivity contribution in [3.8, 4) is 0 Å². The van der Waals surface area contributed by atoms with E-state index in [1.807, 2.05) is 54.6 Å². The highest BCUT2D eigenvalue weighted by Crippen LogP contribution is 2.30. The number of rotatable bonds is 6. The maximum atomic E-state index is 13.1. The predicted octanol–water partition coefficient (Wildman–Crippen LogP) is 2.03. The number of amides is 2. The Labute approximate surface area is 204 Å². The summed E-state index contributed by atoms with van der Waals surface area (Å²) in [5.41, 5.74) is 4.04. The summed E-state index contributed by atoms with van der Waals surface area (Å²) in [6, 6.07) is 16.9. The minimum atomic E-state index is -0.620. The number of H-pyrrole nitrogens is 1. The molecule has 182 valence electrons. The van der Waals surface area contributed by atoms with E-state index in [1.165, 1.54) is 0 Å². The lowest BCUT2D eigenvalue weighted by atomic mass is 9.98. The molecular formula is C26H30N6O3. The Balaban J connectivity index is 1.23. The van der Waals surface area contributed by atoms with Crippen molar-refractivity contribution in [1.29, 1.82) is 0 Å². The van der Waals surface area contributed by atoms with Crippen LogP contribution in [-0.4, -0.2) is 76.8 Å². The Morgan fingerprint density at radius 2 is 1.74 bits per heavy atom. The molecule has 1 aromatic heterocycles. The van der Waals surface area contributed by atoms with Gasteiger partial charge in [-0.1, -0.05) is 30.3 Å². The molecule has 0 saturated carbocycles. The van der Waals surface area contributed by atoms with Crippen LogP contribution in [0.2, 0.25) is 0 Å². The van der Waals surface area contributed by atoms with E-state index in [4.69, 9.17) is 0 Å². The fourth-order valence-corrected chi connectivity index (χ4v) is 4.70. The van der Waals surface area contributed by atoms with E-state index in [2.05, 4.69) is 32.4 Å². The molecule has 9 nitrogen and oxygen atoms in total. The average Bonchev–Trinajstić information content (AvgIpc) is 3.48. The third-order valence-electron chi connectivity index (χ3n) is 6.87. The quantitative estimate of drug-likeness (QED) is 0.505. The average molecular weight is 475 g/mol. The molecule has 3 aromatic rings. The first-order valence-electron chi connectivity index (χ1n) is 11.9. The maximum absolute atomic E-state index is 13.1. The third kappa shape index (κ3) is 4.78. The number of hydrogen-bond donors (Lipinski definition) is 3. The van der Waals surface area contributed by atoms with Crippen LogP contribution in [-0.2, 0) is 17.9 Å². The van der Waals surface area contributed by atoms with E-state index in [-0.39, 0.29) is 18.4 Å². The van der Waals surface area contributed by atoms with Gasteiger partial charge >= 0.3 is 0 Å². The third-order valence-corrected chi connectivity index (χ3v) is 6.87. The molecule has 35 heavy (non-hydrogen) atoms. The zero-order chi connectivity index (χ0) is 24.4. The van der Waals surface area contributed by atoms with Gasteiger partial charge in [0.25, 0.3) is 5.91 Å². The van der Waals surface area contributed by atoms with Crippen LogP contribution in [0.25, 0.3) is 0 Å². The largest absolute Gasteiger partial charge is 0.395 e. The van der Waals surface area contributed by atoms with Crippen LogP contribution in [0.4, 0.5) is 11.5 Å². The Morgan fingerprint density at radius 3 is 2.43 bits per heavy atom. The molecule has 1 atom stereocenters. The number of carbonyl (C=O) groups excluding carboxylic acids is 2. The number of aromatic nitrogens is 2. The second kappa shape index (κ2) is 9.89. The van der Waals surface area contributed by atoms with Gasteiger partial charge in [-0.15, -0.1) is 0 Å². The predicted molar refractivity (Wildman–Crippen MR) is 133 cm³/mol. The van der Waals surface area contributed by atoms with Crippen LogP contribution in [0.5, 0.6) is 0 Å². The number of nitrogens with one attached hydrogen (secondary N) is 2. The van der Waals surface area contributed by atoms with Gasteiger partial charge in [0.05, 0.1) is 31.3 Å². The zero-order valence-electron chi connectivity index (χ0n) is 19.8. The fraction of sp³-hybridized carbons (Fsp3) is 0.346. The van der Waals surface area contributed by atoms with E-state index in [1.54, 1.807) is 4.90 Å². The van der Waals surface area contributed by atoms with Crippen molar-refractivity contribution < 1.29 is 14.7 Å². The number of anilines is 2. The molecule has 0 radical (unpaired) electrons. The number of carbonyl (C=O) groups is 2. The number of fused-ring (bicyclic) bond motifs is 1. The van der Waals surface area contributed by atoms with Gasteiger partial charge in [-0.3, -0.25) is 14.7 Å². The number of aliphatic hydroxyl groups is 1. The monoisotopic (exact) mass is 474 g/mol. The number of piperazine rings is 1. The smallest absolute Gasteiger partial charge is 0.256 e. The molecule has 3 N–H and O–H groups in total. The van der Waals surface area contributed by atoms with Gasteiger partial charge in [0, 0.05) is 43.0 Å². The van der Waals surface area contributed by atoms with E-state index >= 15 is 0 Å². The Kier molecular flexibility index (Phi) is 6.52. The van der Waals surface area contributed by atoms with E-state index in [9.17, 15) is 14.7 Å². The Morgan fingerprint density at radius 1 is 1.03 bits per heavy atom. The zero-order valence-corrected chi connectivity index (χ0v) is 19.8. The molecule has 2 amide bonds. The summed E-state index contributed by atoms with van der Waals surface area (Å²) >= 11 is 0. The summed E-state index contributed by atoms with van der Waals surface area (Å²) in [5.74, 6) is -0.583. The lowest BCUT2D eigenvalue weighted by Crippen LogP contribution is -2.44. The van der Waals surface area contributed by atoms with Crippen molar-refractivity contribution >= 4 is 23.3 Å². The summed E-state index contributed by atoms with van der Waals surface area (Å²) in [6.45, 7) is 4.41. The normalized spacial score (nSPS) is 16.7. The number of hydrogen-bond acceptors (Lipinski definition) is 6. The molecule has 2 aromatic carbocycles. The van der Waals surface area contributed by atoms with Crippen molar-refractivity contribution in [3.05, 3.63) is 77.0 Å². The molecule has 1 saturated heterocycles.